The van der Waals surface area contributed by atoms with Crippen molar-refractivity contribution in [1.29, 1.82) is 0 Å². The molecule has 2 aliphatic carbocycles. The fourth-order valence-electron chi connectivity index (χ4n) is 5.16. The monoisotopic (exact) mass is 428 g/mol. The summed E-state index contributed by atoms with van der Waals surface area (Å²) in [6, 6.07) is 26.8. The molecule has 0 heterocycles. The van der Waals surface area contributed by atoms with Gasteiger partial charge in [0.1, 0.15) is 0 Å². The molecule has 0 heteroatoms. The van der Waals surface area contributed by atoms with Crippen molar-refractivity contribution in [1.82, 2.24) is 0 Å². The molecule has 0 N–H and O–H groups in total. The zero-order chi connectivity index (χ0) is 22.8. The molecule has 0 radical (unpaired) electrons. The number of benzene rings is 3. The van der Waals surface area contributed by atoms with Crippen LogP contribution in [-0.2, 0) is 0 Å². The molecule has 0 bridgehead atoms. The van der Waals surface area contributed by atoms with Gasteiger partial charge in [0.25, 0.3) is 0 Å². The van der Waals surface area contributed by atoms with E-state index in [4.69, 9.17) is 0 Å². The quantitative estimate of drug-likeness (QED) is 0.388. The van der Waals surface area contributed by atoms with Gasteiger partial charge in [-0.15, -0.1) is 0 Å². The van der Waals surface area contributed by atoms with Gasteiger partial charge in [0.05, 0.1) is 0 Å². The summed E-state index contributed by atoms with van der Waals surface area (Å²) >= 11 is 0. The van der Waals surface area contributed by atoms with Crippen molar-refractivity contribution in [3.05, 3.63) is 131 Å². The minimum atomic E-state index is 0.413. The maximum atomic E-state index is 2.44. The molecule has 0 saturated heterocycles. The Labute approximate surface area is 198 Å². The average molecular weight is 429 g/mol. The Bertz CT molecular complexity index is 1280. The molecule has 0 saturated carbocycles. The summed E-state index contributed by atoms with van der Waals surface area (Å²) in [5.41, 5.74) is 12.1. The Kier molecular flexibility index (Phi) is 6.01. The molecule has 2 aliphatic rings. The summed E-state index contributed by atoms with van der Waals surface area (Å²) in [4.78, 5) is 0. The third-order valence-corrected chi connectivity index (χ3v) is 7.17. The van der Waals surface area contributed by atoms with E-state index in [0.717, 1.165) is 6.42 Å². The Morgan fingerprint density at radius 2 is 1.55 bits per heavy atom. The predicted molar refractivity (Wildman–Crippen MR) is 143 cm³/mol. The summed E-state index contributed by atoms with van der Waals surface area (Å²) < 4.78 is 0. The summed E-state index contributed by atoms with van der Waals surface area (Å²) in [6.07, 6.45) is 14.0. The van der Waals surface area contributed by atoms with Crippen LogP contribution in [0.5, 0.6) is 0 Å². The molecule has 0 aliphatic heterocycles. The van der Waals surface area contributed by atoms with Gasteiger partial charge in [-0.1, -0.05) is 110 Å². The van der Waals surface area contributed by atoms with Gasteiger partial charge in [-0.2, -0.15) is 0 Å². The normalized spacial score (nSPS) is 20.2. The highest BCUT2D eigenvalue weighted by Crippen LogP contribution is 2.37. The van der Waals surface area contributed by atoms with E-state index in [2.05, 4.69) is 124 Å². The van der Waals surface area contributed by atoms with Crippen LogP contribution in [0.2, 0.25) is 0 Å². The van der Waals surface area contributed by atoms with Crippen LogP contribution >= 0.6 is 0 Å². The van der Waals surface area contributed by atoms with Gasteiger partial charge in [-0.3, -0.25) is 0 Å². The number of allylic oxidation sites excluding steroid dienone is 8. The third-order valence-electron chi connectivity index (χ3n) is 7.17. The first kappa shape index (κ1) is 21.5. The Hall–Kier alpha value is -3.38. The van der Waals surface area contributed by atoms with Crippen molar-refractivity contribution in [3.63, 3.8) is 0 Å². The zero-order valence-corrected chi connectivity index (χ0v) is 19.9. The zero-order valence-electron chi connectivity index (χ0n) is 19.9. The van der Waals surface area contributed by atoms with Crippen LogP contribution in [0, 0.1) is 12.8 Å². The highest BCUT2D eigenvalue weighted by atomic mass is 14.2. The van der Waals surface area contributed by atoms with Crippen LogP contribution in [0.25, 0.3) is 22.3 Å². The molecule has 0 nitrogen and oxygen atoms in total. The molecule has 2 unspecified atom stereocenters. The molecule has 2 atom stereocenters. The third kappa shape index (κ3) is 4.44. The molecule has 0 fully saturated rings. The molecule has 0 aromatic heterocycles. The van der Waals surface area contributed by atoms with Crippen LogP contribution in [0.3, 0.4) is 0 Å². The minimum absolute atomic E-state index is 0.413. The first-order chi connectivity index (χ1) is 16.1. The lowest BCUT2D eigenvalue weighted by atomic mass is 9.80. The van der Waals surface area contributed by atoms with Crippen molar-refractivity contribution in [2.45, 2.75) is 39.5 Å². The van der Waals surface area contributed by atoms with E-state index >= 15 is 0 Å². The van der Waals surface area contributed by atoms with Crippen LogP contribution in [0.4, 0.5) is 0 Å². The second-order valence-corrected chi connectivity index (χ2v) is 9.52. The summed E-state index contributed by atoms with van der Waals surface area (Å²) in [7, 11) is 0. The Morgan fingerprint density at radius 3 is 2.33 bits per heavy atom. The molecule has 5 rings (SSSR count). The highest BCUT2D eigenvalue weighted by molar-refractivity contribution is 5.82. The van der Waals surface area contributed by atoms with E-state index < -0.39 is 0 Å². The van der Waals surface area contributed by atoms with Gasteiger partial charge < -0.3 is 0 Å². The van der Waals surface area contributed by atoms with Crippen molar-refractivity contribution in [3.8, 4) is 11.1 Å². The molecular formula is C33H32. The Morgan fingerprint density at radius 1 is 0.758 bits per heavy atom. The van der Waals surface area contributed by atoms with Crippen molar-refractivity contribution >= 4 is 11.1 Å². The lowest BCUT2D eigenvalue weighted by Crippen LogP contribution is -2.09. The number of hydrogen-bond acceptors (Lipinski definition) is 0. The molecule has 3 aromatic rings. The predicted octanol–water partition coefficient (Wildman–Crippen LogP) is 9.16. The van der Waals surface area contributed by atoms with E-state index in [1.165, 1.54) is 56.5 Å². The SMILES string of the molecule is CC1=C(c2ccc(-c3cccc(C4=CC(c5ccccc5)C(C)C=C4)c3)cc2C)C=CCC1. The lowest BCUT2D eigenvalue weighted by Gasteiger charge is -2.24. The van der Waals surface area contributed by atoms with Gasteiger partial charge >= 0.3 is 0 Å². The Balaban J connectivity index is 1.47. The van der Waals surface area contributed by atoms with Gasteiger partial charge in [0.15, 0.2) is 0 Å². The molecule has 0 amide bonds. The topological polar surface area (TPSA) is 0 Å². The van der Waals surface area contributed by atoms with E-state index in [-0.39, 0.29) is 0 Å². The standard InChI is InChI=1S/C33H32/c1-23-10-7-8-15-31(23)32-19-18-29(20-25(32)3)27-13-9-14-28(21-27)30-17-16-24(2)33(22-30)26-11-5-4-6-12-26/h4-6,8-9,11-22,24,33H,7,10H2,1-3H3. The van der Waals surface area contributed by atoms with Crippen LogP contribution < -0.4 is 0 Å². The van der Waals surface area contributed by atoms with Crippen LogP contribution in [0.1, 0.15) is 54.9 Å². The molecule has 33 heavy (non-hydrogen) atoms. The van der Waals surface area contributed by atoms with Crippen molar-refractivity contribution in [2.75, 3.05) is 0 Å². The average Bonchev–Trinajstić information content (AvgIpc) is 2.85. The molecule has 3 aromatic carbocycles. The largest absolute Gasteiger partial charge is 0.0836 e. The molecule has 0 spiro atoms. The minimum Gasteiger partial charge on any atom is -0.0836 e. The second-order valence-electron chi connectivity index (χ2n) is 9.52. The van der Waals surface area contributed by atoms with E-state index in [0.29, 0.717) is 11.8 Å². The number of hydrogen-bond donors (Lipinski definition) is 0. The van der Waals surface area contributed by atoms with E-state index in [1.807, 2.05) is 0 Å². The van der Waals surface area contributed by atoms with E-state index in [9.17, 15) is 0 Å². The number of rotatable bonds is 4. The summed E-state index contributed by atoms with van der Waals surface area (Å²) in [5, 5.41) is 0. The number of aryl methyl sites for hydroxylation is 1. The molecule has 164 valence electrons. The van der Waals surface area contributed by atoms with E-state index in [1.54, 1.807) is 0 Å². The van der Waals surface area contributed by atoms with Crippen molar-refractivity contribution < 1.29 is 0 Å². The van der Waals surface area contributed by atoms with Gasteiger partial charge in [-0.25, -0.2) is 0 Å². The highest BCUT2D eigenvalue weighted by Gasteiger charge is 2.19. The maximum Gasteiger partial charge on any atom is 0.00874 e. The fraction of sp³-hybridized carbons (Fsp3) is 0.212. The fourth-order valence-corrected chi connectivity index (χ4v) is 5.16. The van der Waals surface area contributed by atoms with Gasteiger partial charge in [0.2, 0.25) is 0 Å². The first-order valence-electron chi connectivity index (χ1n) is 12.1. The smallest absolute Gasteiger partial charge is 0.00874 e. The van der Waals surface area contributed by atoms with Crippen LogP contribution in [0.15, 0.2) is 109 Å². The molecular weight excluding hydrogens is 396 g/mol. The van der Waals surface area contributed by atoms with Crippen LogP contribution in [-0.4, -0.2) is 0 Å². The lowest BCUT2D eigenvalue weighted by molar-refractivity contribution is 0.637. The second kappa shape index (κ2) is 9.24. The maximum absolute atomic E-state index is 2.44. The van der Waals surface area contributed by atoms with Gasteiger partial charge in [0, 0.05) is 5.92 Å². The first-order valence-corrected chi connectivity index (χ1v) is 12.1. The summed E-state index contributed by atoms with van der Waals surface area (Å²) in [5.74, 6) is 0.914. The van der Waals surface area contributed by atoms with Crippen molar-refractivity contribution in [2.24, 2.45) is 5.92 Å². The summed E-state index contributed by atoms with van der Waals surface area (Å²) in [6.45, 7) is 6.81. The van der Waals surface area contributed by atoms with Gasteiger partial charge in [-0.05, 0) is 83.2 Å².